The SMILES string of the molecule is CO/N=C(/C(=O)N[C@@H]1C(=O)N2C(C(=O)O)=C([n+]3cccc4c3CCC4)CC[C@H]12)c1csc(N)n1. The Balaban J connectivity index is 1.42. The van der Waals surface area contributed by atoms with Gasteiger partial charge in [0.1, 0.15) is 18.8 Å². The molecule has 3 aliphatic rings. The number of hydrogen-bond acceptors (Lipinski definition) is 8. The molecule has 4 heterocycles. The van der Waals surface area contributed by atoms with Crippen molar-refractivity contribution in [1.82, 2.24) is 15.2 Å². The van der Waals surface area contributed by atoms with Gasteiger partial charge in [-0.25, -0.2) is 9.78 Å². The number of oxime groups is 1. The summed E-state index contributed by atoms with van der Waals surface area (Å²) in [5.41, 5.74) is 8.64. The van der Waals surface area contributed by atoms with Gasteiger partial charge in [0, 0.05) is 29.9 Å². The van der Waals surface area contributed by atoms with Crippen molar-refractivity contribution in [2.24, 2.45) is 5.16 Å². The molecule has 0 unspecified atom stereocenters. The molecule has 2 amide bonds. The number of thiazole rings is 1. The van der Waals surface area contributed by atoms with Crippen LogP contribution in [0.25, 0.3) is 5.70 Å². The molecule has 0 bridgehead atoms. The molecular weight excluding hydrogens is 460 g/mol. The zero-order valence-electron chi connectivity index (χ0n) is 18.4. The number of carbonyl (C=O) groups is 3. The van der Waals surface area contributed by atoms with E-state index in [1.165, 1.54) is 17.6 Å². The van der Waals surface area contributed by atoms with E-state index in [1.807, 2.05) is 16.8 Å². The first-order valence-corrected chi connectivity index (χ1v) is 11.7. The summed E-state index contributed by atoms with van der Waals surface area (Å²) in [6, 6.07) is 2.63. The zero-order chi connectivity index (χ0) is 24.0. The minimum Gasteiger partial charge on any atom is -0.476 e. The fraction of sp³-hybridized carbons (Fsp3) is 0.364. The highest BCUT2D eigenvalue weighted by molar-refractivity contribution is 7.13. The molecule has 4 N–H and O–H groups in total. The summed E-state index contributed by atoms with van der Waals surface area (Å²) in [7, 11) is 1.30. The van der Waals surface area contributed by atoms with E-state index in [4.69, 9.17) is 10.6 Å². The molecule has 5 rings (SSSR count). The van der Waals surface area contributed by atoms with E-state index in [0.29, 0.717) is 18.5 Å². The number of pyridine rings is 1. The maximum atomic E-state index is 13.1. The standard InChI is InChI=1S/C22H22N6O5S/c1-33-26-16(12-10-34-22(23)24-12)19(29)25-17-14-7-8-15(18(21(31)32)28(14)20(17)30)27-9-3-5-11-4-2-6-13(11)27/h3,5,9-10,14,17H,2,4,6-8H2,1H3,(H3-,23,24,25,29,31,32)/p+1/b26-16+/t14-,17+/m1/s1. The van der Waals surface area contributed by atoms with Crippen LogP contribution < -0.4 is 15.6 Å². The lowest BCUT2D eigenvalue weighted by atomic mass is 9.85. The Kier molecular flexibility index (Phi) is 5.52. The fourth-order valence-electron chi connectivity index (χ4n) is 4.97. The van der Waals surface area contributed by atoms with Crippen molar-refractivity contribution >= 4 is 45.7 Å². The van der Waals surface area contributed by atoms with Crippen LogP contribution >= 0.6 is 11.3 Å². The first kappa shape index (κ1) is 22.0. The Labute approximate surface area is 198 Å². The number of hydrogen-bond donors (Lipinski definition) is 3. The Morgan fingerprint density at radius 2 is 2.21 bits per heavy atom. The summed E-state index contributed by atoms with van der Waals surface area (Å²) in [4.78, 5) is 48.4. The van der Waals surface area contributed by atoms with E-state index < -0.39 is 29.9 Å². The van der Waals surface area contributed by atoms with E-state index in [1.54, 1.807) is 5.38 Å². The number of aromatic nitrogens is 2. The van der Waals surface area contributed by atoms with Gasteiger partial charge in [-0.05, 0) is 25.3 Å². The van der Waals surface area contributed by atoms with Gasteiger partial charge in [-0.3, -0.25) is 14.5 Å². The molecule has 1 fully saturated rings. The number of nitrogens with zero attached hydrogens (tertiary/aromatic N) is 4. The summed E-state index contributed by atoms with van der Waals surface area (Å²) in [6.45, 7) is 0. The molecular formula is C22H23N6O5S+. The van der Waals surface area contributed by atoms with E-state index >= 15 is 0 Å². The molecule has 12 heteroatoms. The van der Waals surface area contributed by atoms with Gasteiger partial charge in [0.25, 0.3) is 11.8 Å². The van der Waals surface area contributed by atoms with Gasteiger partial charge in [-0.2, -0.15) is 4.57 Å². The van der Waals surface area contributed by atoms with Crippen molar-refractivity contribution in [3.05, 3.63) is 46.4 Å². The Morgan fingerprint density at radius 1 is 1.38 bits per heavy atom. The first-order valence-electron chi connectivity index (χ1n) is 10.9. The lowest BCUT2D eigenvalue weighted by Gasteiger charge is -2.48. The number of carboxylic acid groups (broad SMARTS) is 1. The molecule has 1 aliphatic carbocycles. The summed E-state index contributed by atoms with van der Waals surface area (Å²) in [5, 5.41) is 18.3. The van der Waals surface area contributed by atoms with Crippen LogP contribution in [0, 0.1) is 0 Å². The van der Waals surface area contributed by atoms with Crippen molar-refractivity contribution in [2.75, 3.05) is 12.8 Å². The van der Waals surface area contributed by atoms with Gasteiger partial charge in [-0.15, -0.1) is 11.3 Å². The number of aryl methyl sites for hydroxylation is 1. The van der Waals surface area contributed by atoms with Gasteiger partial charge in [0.2, 0.25) is 5.70 Å². The molecule has 0 radical (unpaired) electrons. The van der Waals surface area contributed by atoms with Gasteiger partial charge >= 0.3 is 5.97 Å². The van der Waals surface area contributed by atoms with Crippen LogP contribution in [0.4, 0.5) is 5.13 Å². The number of amides is 2. The number of fused-ring (bicyclic) bond motifs is 2. The second kappa shape index (κ2) is 8.52. The Bertz CT molecular complexity index is 1270. The number of β-lactam (4-membered cyclic amide) rings is 1. The summed E-state index contributed by atoms with van der Waals surface area (Å²) < 4.78 is 1.93. The number of nitrogens with two attached hydrogens (primary N) is 1. The van der Waals surface area contributed by atoms with Crippen LogP contribution in [0.5, 0.6) is 0 Å². The second-order valence-electron chi connectivity index (χ2n) is 8.26. The lowest BCUT2D eigenvalue weighted by Crippen LogP contribution is -2.72. The molecule has 0 saturated carbocycles. The fourth-order valence-corrected chi connectivity index (χ4v) is 5.52. The van der Waals surface area contributed by atoms with Crippen LogP contribution in [0.15, 0.2) is 34.6 Å². The van der Waals surface area contributed by atoms with Crippen LogP contribution in [0.1, 0.15) is 36.2 Å². The number of rotatable bonds is 6. The number of allylic oxidation sites excluding steroid dienone is 1. The highest BCUT2D eigenvalue weighted by atomic mass is 32.1. The lowest BCUT2D eigenvalue weighted by molar-refractivity contribution is -0.593. The first-order chi connectivity index (χ1) is 16.4. The van der Waals surface area contributed by atoms with Crippen molar-refractivity contribution in [2.45, 2.75) is 44.2 Å². The maximum absolute atomic E-state index is 13.1. The monoisotopic (exact) mass is 483 g/mol. The van der Waals surface area contributed by atoms with E-state index in [9.17, 15) is 19.5 Å². The average Bonchev–Trinajstić information content (AvgIpc) is 3.48. The third-order valence-corrected chi connectivity index (χ3v) is 7.08. The number of anilines is 1. The summed E-state index contributed by atoms with van der Waals surface area (Å²) in [6.07, 6.45) is 5.68. The molecule has 2 aromatic heterocycles. The minimum absolute atomic E-state index is 0.0323. The van der Waals surface area contributed by atoms with E-state index in [2.05, 4.69) is 21.5 Å². The van der Waals surface area contributed by atoms with Gasteiger partial charge in [0.05, 0.1) is 6.04 Å². The van der Waals surface area contributed by atoms with Crippen LogP contribution in [0.3, 0.4) is 0 Å². The topological polar surface area (TPSA) is 151 Å². The van der Waals surface area contributed by atoms with Crippen molar-refractivity contribution in [3.8, 4) is 0 Å². The van der Waals surface area contributed by atoms with Gasteiger partial charge < -0.3 is 21.0 Å². The zero-order valence-corrected chi connectivity index (χ0v) is 19.2. The molecule has 2 aromatic rings. The van der Waals surface area contributed by atoms with Crippen LogP contribution in [-0.2, 0) is 32.1 Å². The third kappa shape index (κ3) is 3.50. The van der Waals surface area contributed by atoms with Gasteiger partial charge in [-0.1, -0.05) is 5.16 Å². The van der Waals surface area contributed by atoms with Crippen LogP contribution in [0.2, 0.25) is 0 Å². The molecule has 2 atom stereocenters. The third-order valence-electron chi connectivity index (χ3n) is 6.41. The molecule has 0 spiro atoms. The van der Waals surface area contributed by atoms with E-state index in [0.717, 1.165) is 36.3 Å². The number of aliphatic carboxylic acids is 1. The largest absolute Gasteiger partial charge is 0.476 e. The Morgan fingerprint density at radius 3 is 2.91 bits per heavy atom. The predicted molar refractivity (Wildman–Crippen MR) is 121 cm³/mol. The maximum Gasteiger partial charge on any atom is 0.359 e. The normalized spacial score (nSPS) is 21.6. The van der Waals surface area contributed by atoms with Crippen molar-refractivity contribution in [1.29, 1.82) is 0 Å². The molecule has 34 heavy (non-hydrogen) atoms. The average molecular weight is 484 g/mol. The molecule has 0 aromatic carbocycles. The molecule has 1 saturated heterocycles. The number of nitrogens with one attached hydrogen (secondary N) is 1. The molecule has 2 aliphatic heterocycles. The minimum atomic E-state index is -1.17. The van der Waals surface area contributed by atoms with E-state index in [-0.39, 0.29) is 22.2 Å². The quantitative estimate of drug-likeness (QED) is 0.231. The Hall–Kier alpha value is -3.80. The van der Waals surface area contributed by atoms with Crippen molar-refractivity contribution < 1.29 is 28.9 Å². The molecule has 11 nitrogen and oxygen atoms in total. The summed E-state index contributed by atoms with van der Waals surface area (Å²) >= 11 is 1.14. The molecule has 176 valence electrons. The van der Waals surface area contributed by atoms with Crippen molar-refractivity contribution in [3.63, 3.8) is 0 Å². The second-order valence-corrected chi connectivity index (χ2v) is 9.15. The highest BCUT2D eigenvalue weighted by Crippen LogP contribution is 2.37. The van der Waals surface area contributed by atoms with Gasteiger partial charge in [0.15, 0.2) is 28.4 Å². The smallest absolute Gasteiger partial charge is 0.359 e. The number of nitrogen functional groups attached to an aromatic ring is 1. The highest BCUT2D eigenvalue weighted by Gasteiger charge is 2.55. The number of carboxylic acids is 1. The number of carbonyl (C=O) groups excluding carboxylic acids is 2. The van der Waals surface area contributed by atoms with Crippen LogP contribution in [-0.4, -0.2) is 57.7 Å². The predicted octanol–water partition coefficient (Wildman–Crippen LogP) is 0.295. The summed E-state index contributed by atoms with van der Waals surface area (Å²) in [5.74, 6) is -2.29.